The van der Waals surface area contributed by atoms with Crippen molar-refractivity contribution in [3.05, 3.63) is 40.5 Å². The number of ether oxygens (including phenoxy) is 1. The van der Waals surface area contributed by atoms with Crippen molar-refractivity contribution in [1.82, 2.24) is 0 Å². The van der Waals surface area contributed by atoms with Gasteiger partial charge in [0.25, 0.3) is 0 Å². The number of nitrogens with zero attached hydrogens (tertiary/aromatic N) is 1. The first kappa shape index (κ1) is 13.8. The molecule has 0 saturated heterocycles. The van der Waals surface area contributed by atoms with E-state index in [-0.39, 0.29) is 12.2 Å². The molecule has 0 spiro atoms. The minimum absolute atomic E-state index is 0.200. The van der Waals surface area contributed by atoms with Gasteiger partial charge in [0.15, 0.2) is 0 Å². The molecule has 1 aromatic rings. The molecule has 4 nitrogen and oxygen atoms in total. The van der Waals surface area contributed by atoms with Crippen LogP contribution in [0.2, 0.25) is 0 Å². The predicted octanol–water partition coefficient (Wildman–Crippen LogP) is 2.58. The summed E-state index contributed by atoms with van der Waals surface area (Å²) in [5.41, 5.74) is 2.58. The number of carboxylic acids is 1. The monoisotopic (exact) mass is 245 g/mol. The third-order valence-corrected chi connectivity index (χ3v) is 2.54. The van der Waals surface area contributed by atoms with E-state index in [1.165, 1.54) is 13.0 Å². The summed E-state index contributed by atoms with van der Waals surface area (Å²) in [6, 6.07) is 5.57. The van der Waals surface area contributed by atoms with Gasteiger partial charge in [0.05, 0.1) is 11.6 Å². The number of hydrogen-bond donors (Lipinski definition) is 1. The molecular weight excluding hydrogens is 230 g/mol. The summed E-state index contributed by atoms with van der Waals surface area (Å²) < 4.78 is 5.54. The van der Waals surface area contributed by atoms with Crippen molar-refractivity contribution in [1.29, 1.82) is 5.26 Å². The van der Waals surface area contributed by atoms with Gasteiger partial charge in [-0.25, -0.2) is 4.79 Å². The Kier molecular flexibility index (Phi) is 4.50. The second-order valence-corrected chi connectivity index (χ2v) is 4.05. The Balaban J connectivity index is 2.84. The lowest BCUT2D eigenvalue weighted by Crippen LogP contribution is -2.02. The minimum Gasteiger partial charge on any atom is -0.489 e. The molecule has 18 heavy (non-hydrogen) atoms. The molecule has 1 rings (SSSR count). The van der Waals surface area contributed by atoms with Crippen molar-refractivity contribution in [2.24, 2.45) is 0 Å². The van der Waals surface area contributed by atoms with Crippen LogP contribution in [0.3, 0.4) is 0 Å². The molecule has 0 aliphatic rings. The minimum atomic E-state index is -0.952. The first-order chi connectivity index (χ1) is 8.45. The molecule has 0 atom stereocenters. The van der Waals surface area contributed by atoms with E-state index in [4.69, 9.17) is 15.1 Å². The second kappa shape index (κ2) is 5.87. The Labute approximate surface area is 106 Å². The van der Waals surface area contributed by atoms with Gasteiger partial charge in [-0.15, -0.1) is 0 Å². The smallest absolute Gasteiger partial charge is 0.331 e. The highest BCUT2D eigenvalue weighted by Gasteiger charge is 2.06. The number of nitriles is 1. The van der Waals surface area contributed by atoms with Crippen LogP contribution in [0.4, 0.5) is 0 Å². The number of rotatable bonds is 4. The Hall–Kier alpha value is -2.28. The fourth-order valence-electron chi connectivity index (χ4n) is 1.58. The maximum atomic E-state index is 10.6. The Morgan fingerprint density at radius 2 is 2.00 bits per heavy atom. The lowest BCUT2D eigenvalue weighted by atomic mass is 10.1. The van der Waals surface area contributed by atoms with Crippen molar-refractivity contribution >= 4 is 5.97 Å². The third kappa shape index (κ3) is 3.36. The van der Waals surface area contributed by atoms with Gasteiger partial charge >= 0.3 is 5.97 Å². The molecule has 0 saturated carbocycles. The van der Waals surface area contributed by atoms with Crippen LogP contribution in [0.25, 0.3) is 0 Å². The van der Waals surface area contributed by atoms with Crippen LogP contribution in [-0.2, 0) is 4.79 Å². The van der Waals surface area contributed by atoms with Gasteiger partial charge in [0.2, 0.25) is 0 Å². The van der Waals surface area contributed by atoms with Crippen molar-refractivity contribution in [2.75, 3.05) is 6.61 Å². The molecule has 0 unspecified atom stereocenters. The van der Waals surface area contributed by atoms with E-state index in [9.17, 15) is 4.79 Å². The van der Waals surface area contributed by atoms with E-state index in [1.54, 1.807) is 12.1 Å². The Morgan fingerprint density at radius 1 is 1.44 bits per heavy atom. The van der Waals surface area contributed by atoms with E-state index in [0.717, 1.165) is 11.1 Å². The first-order valence-electron chi connectivity index (χ1n) is 5.50. The normalized spacial score (nSPS) is 10.9. The Bertz CT molecular complexity index is 515. The first-order valence-corrected chi connectivity index (χ1v) is 5.50. The summed E-state index contributed by atoms with van der Waals surface area (Å²) in [6.07, 6.45) is 1.51. The molecule has 4 heteroatoms. The van der Waals surface area contributed by atoms with E-state index in [2.05, 4.69) is 6.07 Å². The third-order valence-electron chi connectivity index (χ3n) is 2.54. The molecule has 0 aromatic heterocycles. The quantitative estimate of drug-likeness (QED) is 0.828. The largest absolute Gasteiger partial charge is 0.489 e. The van der Waals surface area contributed by atoms with Crippen molar-refractivity contribution in [3.8, 4) is 11.8 Å². The second-order valence-electron chi connectivity index (χ2n) is 4.05. The van der Waals surface area contributed by atoms with Crippen LogP contribution in [0, 0.1) is 25.2 Å². The van der Waals surface area contributed by atoms with Gasteiger partial charge < -0.3 is 9.84 Å². The number of hydrogen-bond acceptors (Lipinski definition) is 3. The van der Waals surface area contributed by atoms with E-state index >= 15 is 0 Å². The molecule has 0 bridgehead atoms. The molecule has 0 fully saturated rings. The van der Waals surface area contributed by atoms with Gasteiger partial charge in [-0.05, 0) is 50.1 Å². The summed E-state index contributed by atoms with van der Waals surface area (Å²) >= 11 is 0. The zero-order valence-electron chi connectivity index (χ0n) is 10.7. The molecular formula is C14H15NO3. The zero-order valence-corrected chi connectivity index (χ0v) is 10.7. The maximum absolute atomic E-state index is 10.6. The topological polar surface area (TPSA) is 70.3 Å². The fraction of sp³-hybridized carbons (Fsp3) is 0.286. The number of aryl methyl sites for hydroxylation is 2. The van der Waals surface area contributed by atoms with Crippen LogP contribution in [0.1, 0.15) is 23.6 Å². The van der Waals surface area contributed by atoms with Crippen LogP contribution in [0.15, 0.2) is 23.8 Å². The summed E-state index contributed by atoms with van der Waals surface area (Å²) in [5.74, 6) is -0.254. The number of benzene rings is 1. The summed E-state index contributed by atoms with van der Waals surface area (Å²) in [5, 5.41) is 17.5. The van der Waals surface area contributed by atoms with Crippen molar-refractivity contribution < 1.29 is 14.6 Å². The Morgan fingerprint density at radius 3 is 2.44 bits per heavy atom. The SMILES string of the molecule is CC(=CCOc1c(C)cc(C#N)cc1C)C(=O)O. The molecule has 1 N–H and O–H groups in total. The molecule has 0 aliphatic carbocycles. The van der Waals surface area contributed by atoms with E-state index in [1.807, 2.05) is 13.8 Å². The highest BCUT2D eigenvalue weighted by Crippen LogP contribution is 2.24. The molecule has 0 aliphatic heterocycles. The van der Waals surface area contributed by atoms with Gasteiger partial charge in [-0.1, -0.05) is 0 Å². The van der Waals surface area contributed by atoms with Crippen LogP contribution in [0.5, 0.6) is 5.75 Å². The number of carboxylic acid groups (broad SMARTS) is 1. The molecule has 0 amide bonds. The van der Waals surface area contributed by atoms with Gasteiger partial charge in [0.1, 0.15) is 12.4 Å². The van der Waals surface area contributed by atoms with Crippen molar-refractivity contribution in [2.45, 2.75) is 20.8 Å². The van der Waals surface area contributed by atoms with Crippen LogP contribution < -0.4 is 4.74 Å². The molecule has 94 valence electrons. The fourth-order valence-corrected chi connectivity index (χ4v) is 1.58. The van der Waals surface area contributed by atoms with Gasteiger partial charge in [-0.3, -0.25) is 0 Å². The molecule has 0 radical (unpaired) electrons. The molecule has 1 aromatic carbocycles. The van der Waals surface area contributed by atoms with E-state index < -0.39 is 5.97 Å². The average Bonchev–Trinajstić information content (AvgIpc) is 2.31. The molecule has 0 heterocycles. The lowest BCUT2D eigenvalue weighted by Gasteiger charge is -2.11. The van der Waals surface area contributed by atoms with Crippen LogP contribution >= 0.6 is 0 Å². The highest BCUT2D eigenvalue weighted by molar-refractivity contribution is 5.85. The van der Waals surface area contributed by atoms with Gasteiger partial charge in [0, 0.05) is 5.57 Å². The lowest BCUT2D eigenvalue weighted by molar-refractivity contribution is -0.132. The predicted molar refractivity (Wildman–Crippen MR) is 67.5 cm³/mol. The van der Waals surface area contributed by atoms with Crippen LogP contribution in [-0.4, -0.2) is 17.7 Å². The number of carbonyl (C=O) groups is 1. The standard InChI is InChI=1S/C14H15NO3/c1-9(14(16)17)4-5-18-13-10(2)6-12(8-15)7-11(13)3/h4,6-7H,5H2,1-3H3,(H,16,17). The summed E-state index contributed by atoms with van der Waals surface area (Å²) in [6.45, 7) is 5.43. The zero-order chi connectivity index (χ0) is 13.7. The average molecular weight is 245 g/mol. The van der Waals surface area contributed by atoms with E-state index in [0.29, 0.717) is 11.3 Å². The summed E-state index contributed by atoms with van der Waals surface area (Å²) in [4.78, 5) is 10.6. The maximum Gasteiger partial charge on any atom is 0.331 e. The highest BCUT2D eigenvalue weighted by atomic mass is 16.5. The number of aliphatic carboxylic acids is 1. The van der Waals surface area contributed by atoms with Gasteiger partial charge in [-0.2, -0.15) is 5.26 Å². The summed E-state index contributed by atoms with van der Waals surface area (Å²) in [7, 11) is 0. The van der Waals surface area contributed by atoms with Crippen molar-refractivity contribution in [3.63, 3.8) is 0 Å².